The van der Waals surface area contributed by atoms with Gasteiger partial charge in [0.05, 0.1) is 12.2 Å². The number of benzene rings is 2. The van der Waals surface area contributed by atoms with Crippen LogP contribution in [0.2, 0.25) is 0 Å². The highest BCUT2D eigenvalue weighted by Gasteiger charge is 2.09. The van der Waals surface area contributed by atoms with E-state index in [4.69, 9.17) is 0 Å². The summed E-state index contributed by atoms with van der Waals surface area (Å²) < 4.78 is 0. The van der Waals surface area contributed by atoms with E-state index in [-0.39, 0.29) is 5.78 Å². The van der Waals surface area contributed by atoms with Crippen LogP contribution < -0.4 is 5.32 Å². The van der Waals surface area contributed by atoms with E-state index in [1.54, 1.807) is 0 Å². The summed E-state index contributed by atoms with van der Waals surface area (Å²) in [4.78, 5) is 12.1. The zero-order chi connectivity index (χ0) is 18.4. The van der Waals surface area contributed by atoms with Gasteiger partial charge in [-0.05, 0) is 36.1 Å². The average Bonchev–Trinajstić information content (AvgIpc) is 3.15. The summed E-state index contributed by atoms with van der Waals surface area (Å²) in [6.45, 7) is 4.77. The van der Waals surface area contributed by atoms with Crippen molar-refractivity contribution in [1.82, 2.24) is 10.2 Å². The zero-order valence-corrected chi connectivity index (χ0v) is 15.4. The molecule has 0 saturated heterocycles. The lowest BCUT2D eigenvalue weighted by molar-refractivity contribution is 0.0982. The van der Waals surface area contributed by atoms with E-state index < -0.39 is 0 Å². The number of ketones is 1. The SMILES string of the molecule is CCCC(=O)c1cccc(NCc2n[nH]cc2-c2ccc(CC)cc2)c1. The number of nitrogens with one attached hydrogen (secondary N) is 2. The molecule has 4 heteroatoms. The van der Waals surface area contributed by atoms with Gasteiger partial charge in [-0.25, -0.2) is 0 Å². The second kappa shape index (κ2) is 8.48. The van der Waals surface area contributed by atoms with E-state index in [9.17, 15) is 4.79 Å². The molecule has 2 aromatic carbocycles. The number of hydrogen-bond acceptors (Lipinski definition) is 3. The number of anilines is 1. The lowest BCUT2D eigenvalue weighted by atomic mass is 10.0. The number of aryl methyl sites for hydroxylation is 1. The van der Waals surface area contributed by atoms with E-state index in [1.807, 2.05) is 37.4 Å². The number of aromatic amines is 1. The van der Waals surface area contributed by atoms with Crippen LogP contribution in [0.1, 0.15) is 48.3 Å². The number of nitrogens with zero attached hydrogens (tertiary/aromatic N) is 1. The maximum atomic E-state index is 12.1. The van der Waals surface area contributed by atoms with Gasteiger partial charge in [-0.2, -0.15) is 5.10 Å². The molecule has 0 aliphatic rings. The minimum atomic E-state index is 0.188. The Kier molecular flexibility index (Phi) is 5.84. The Morgan fingerprint density at radius 2 is 1.92 bits per heavy atom. The molecule has 0 unspecified atom stereocenters. The summed E-state index contributed by atoms with van der Waals surface area (Å²) in [6.07, 6.45) is 4.41. The van der Waals surface area contributed by atoms with Gasteiger partial charge in [-0.15, -0.1) is 0 Å². The highest BCUT2D eigenvalue weighted by Crippen LogP contribution is 2.23. The fourth-order valence-corrected chi connectivity index (χ4v) is 2.98. The minimum Gasteiger partial charge on any atom is -0.379 e. The van der Waals surface area contributed by atoms with Gasteiger partial charge < -0.3 is 5.32 Å². The number of carbonyl (C=O) groups excluding carboxylic acids is 1. The molecule has 0 radical (unpaired) electrons. The summed E-state index contributed by atoms with van der Waals surface area (Å²) in [6, 6.07) is 16.3. The first kappa shape index (κ1) is 17.9. The Morgan fingerprint density at radius 3 is 2.65 bits per heavy atom. The molecular formula is C22H25N3O. The standard InChI is InChI=1S/C22H25N3O/c1-3-6-22(26)18-7-5-8-19(13-18)23-15-21-20(14-24-25-21)17-11-9-16(4-2)10-12-17/h5,7-14,23H,3-4,6,15H2,1-2H3,(H,24,25). The summed E-state index contributed by atoms with van der Waals surface area (Å²) >= 11 is 0. The molecule has 3 rings (SSSR count). The fourth-order valence-electron chi connectivity index (χ4n) is 2.98. The molecule has 26 heavy (non-hydrogen) atoms. The predicted molar refractivity (Wildman–Crippen MR) is 106 cm³/mol. The van der Waals surface area contributed by atoms with Gasteiger partial charge in [0.2, 0.25) is 0 Å². The molecule has 2 N–H and O–H groups in total. The maximum absolute atomic E-state index is 12.1. The highest BCUT2D eigenvalue weighted by atomic mass is 16.1. The molecule has 0 fully saturated rings. The quantitative estimate of drug-likeness (QED) is 0.548. The number of aromatic nitrogens is 2. The van der Waals surface area contributed by atoms with Crippen molar-refractivity contribution >= 4 is 11.5 Å². The van der Waals surface area contributed by atoms with Crippen LogP contribution in [0.3, 0.4) is 0 Å². The minimum absolute atomic E-state index is 0.188. The smallest absolute Gasteiger partial charge is 0.162 e. The van der Waals surface area contributed by atoms with E-state index >= 15 is 0 Å². The normalized spacial score (nSPS) is 10.7. The van der Waals surface area contributed by atoms with Crippen molar-refractivity contribution in [1.29, 1.82) is 0 Å². The third-order valence-electron chi connectivity index (χ3n) is 4.51. The van der Waals surface area contributed by atoms with Crippen molar-refractivity contribution in [2.24, 2.45) is 0 Å². The lowest BCUT2D eigenvalue weighted by Crippen LogP contribution is -2.03. The van der Waals surface area contributed by atoms with Crippen LogP contribution >= 0.6 is 0 Å². The fraction of sp³-hybridized carbons (Fsp3) is 0.273. The topological polar surface area (TPSA) is 57.8 Å². The van der Waals surface area contributed by atoms with Crippen LogP contribution in [0.4, 0.5) is 5.69 Å². The maximum Gasteiger partial charge on any atom is 0.162 e. The van der Waals surface area contributed by atoms with Crippen LogP contribution in [-0.2, 0) is 13.0 Å². The molecule has 3 aromatic rings. The zero-order valence-electron chi connectivity index (χ0n) is 15.4. The van der Waals surface area contributed by atoms with E-state index in [0.717, 1.165) is 40.9 Å². The van der Waals surface area contributed by atoms with Crippen molar-refractivity contribution in [3.05, 3.63) is 71.5 Å². The van der Waals surface area contributed by atoms with Gasteiger partial charge in [0, 0.05) is 29.4 Å². The Morgan fingerprint density at radius 1 is 1.12 bits per heavy atom. The molecule has 134 valence electrons. The summed E-state index contributed by atoms with van der Waals surface area (Å²) in [5.74, 6) is 0.188. The molecule has 1 heterocycles. The second-order valence-corrected chi connectivity index (χ2v) is 6.40. The van der Waals surface area contributed by atoms with Crippen molar-refractivity contribution in [3.63, 3.8) is 0 Å². The van der Waals surface area contributed by atoms with E-state index in [2.05, 4.69) is 46.7 Å². The van der Waals surface area contributed by atoms with Crippen LogP contribution in [-0.4, -0.2) is 16.0 Å². The molecule has 0 aliphatic heterocycles. The van der Waals surface area contributed by atoms with Gasteiger partial charge in [-0.1, -0.05) is 50.2 Å². The summed E-state index contributed by atoms with van der Waals surface area (Å²) in [5, 5.41) is 10.7. The van der Waals surface area contributed by atoms with Crippen LogP contribution in [0.5, 0.6) is 0 Å². The van der Waals surface area contributed by atoms with E-state index in [0.29, 0.717) is 13.0 Å². The number of hydrogen-bond donors (Lipinski definition) is 2. The summed E-state index contributed by atoms with van der Waals surface area (Å²) in [7, 11) is 0. The Labute approximate surface area is 154 Å². The first-order valence-electron chi connectivity index (χ1n) is 9.20. The third kappa shape index (κ3) is 4.20. The molecule has 0 saturated carbocycles. The van der Waals surface area contributed by atoms with Crippen molar-refractivity contribution in [3.8, 4) is 11.1 Å². The molecule has 0 bridgehead atoms. The lowest BCUT2D eigenvalue weighted by Gasteiger charge is -2.08. The first-order chi connectivity index (χ1) is 12.7. The van der Waals surface area contributed by atoms with Crippen molar-refractivity contribution in [2.75, 3.05) is 5.32 Å². The molecule has 0 amide bonds. The molecule has 0 atom stereocenters. The Hall–Kier alpha value is -2.88. The van der Waals surface area contributed by atoms with Gasteiger partial charge in [0.15, 0.2) is 5.78 Å². The number of H-pyrrole nitrogens is 1. The van der Waals surface area contributed by atoms with Gasteiger partial charge in [0.25, 0.3) is 0 Å². The number of carbonyl (C=O) groups is 1. The number of Topliss-reactive ketones (excluding diaryl/α,β-unsaturated/α-hetero) is 1. The Balaban J connectivity index is 1.72. The highest BCUT2D eigenvalue weighted by molar-refractivity contribution is 5.96. The Bertz CT molecular complexity index is 865. The average molecular weight is 347 g/mol. The largest absolute Gasteiger partial charge is 0.379 e. The summed E-state index contributed by atoms with van der Waals surface area (Å²) in [5.41, 5.74) is 6.22. The molecule has 1 aromatic heterocycles. The molecular weight excluding hydrogens is 322 g/mol. The van der Waals surface area contributed by atoms with Crippen LogP contribution in [0.25, 0.3) is 11.1 Å². The molecule has 0 spiro atoms. The molecule has 4 nitrogen and oxygen atoms in total. The van der Waals surface area contributed by atoms with Crippen LogP contribution in [0.15, 0.2) is 54.7 Å². The van der Waals surface area contributed by atoms with Crippen molar-refractivity contribution < 1.29 is 4.79 Å². The first-order valence-corrected chi connectivity index (χ1v) is 9.20. The second-order valence-electron chi connectivity index (χ2n) is 6.40. The predicted octanol–water partition coefficient (Wildman–Crippen LogP) is 5.23. The monoisotopic (exact) mass is 347 g/mol. The van der Waals surface area contributed by atoms with Gasteiger partial charge >= 0.3 is 0 Å². The van der Waals surface area contributed by atoms with Crippen molar-refractivity contribution in [2.45, 2.75) is 39.7 Å². The molecule has 0 aliphatic carbocycles. The van der Waals surface area contributed by atoms with Gasteiger partial charge in [0.1, 0.15) is 0 Å². The van der Waals surface area contributed by atoms with E-state index in [1.165, 1.54) is 5.56 Å². The number of rotatable bonds is 8. The third-order valence-corrected chi connectivity index (χ3v) is 4.51. The van der Waals surface area contributed by atoms with Crippen LogP contribution in [0, 0.1) is 0 Å². The van der Waals surface area contributed by atoms with Gasteiger partial charge in [-0.3, -0.25) is 9.89 Å².